The molecule has 0 saturated heterocycles. The van der Waals surface area contributed by atoms with Crippen LogP contribution in [0, 0.1) is 0 Å². The van der Waals surface area contributed by atoms with E-state index in [1.165, 1.54) is 16.8 Å². The number of carboxylic acid groups (broad SMARTS) is 1. The van der Waals surface area contributed by atoms with Crippen molar-refractivity contribution in [3.63, 3.8) is 0 Å². The third kappa shape index (κ3) is 5.00. The molecule has 0 aliphatic heterocycles. The van der Waals surface area contributed by atoms with Crippen LogP contribution in [-0.4, -0.2) is 35.6 Å². The minimum atomic E-state index is -0.923. The van der Waals surface area contributed by atoms with E-state index >= 15 is 0 Å². The van der Waals surface area contributed by atoms with E-state index in [4.69, 9.17) is 5.11 Å². The van der Waals surface area contributed by atoms with Crippen molar-refractivity contribution in [2.75, 3.05) is 0 Å². The van der Waals surface area contributed by atoms with E-state index in [-0.39, 0.29) is 12.1 Å². The summed E-state index contributed by atoms with van der Waals surface area (Å²) in [6, 6.07) is 8.17. The summed E-state index contributed by atoms with van der Waals surface area (Å²) in [5, 5.41) is 17.0. The molecule has 9 heteroatoms. The van der Waals surface area contributed by atoms with Gasteiger partial charge in [-0.1, -0.05) is 17.3 Å². The first-order valence-electron chi connectivity index (χ1n) is 8.52. The topological polar surface area (TPSA) is 123 Å². The number of hydrogen-bond donors (Lipinski definition) is 2. The van der Waals surface area contributed by atoms with Crippen LogP contribution in [0.2, 0.25) is 0 Å². The van der Waals surface area contributed by atoms with Crippen LogP contribution < -0.4 is 11.2 Å². The summed E-state index contributed by atoms with van der Waals surface area (Å²) >= 11 is 0. The molecule has 140 valence electrons. The van der Waals surface area contributed by atoms with Crippen molar-refractivity contribution in [1.29, 1.82) is 0 Å². The zero-order valence-corrected chi connectivity index (χ0v) is 14.5. The number of rotatable bonds is 8. The van der Waals surface area contributed by atoms with Gasteiger partial charge in [-0.2, -0.15) is 0 Å². The summed E-state index contributed by atoms with van der Waals surface area (Å²) in [4.78, 5) is 35.8. The fourth-order valence-electron chi connectivity index (χ4n) is 2.68. The standard InChI is InChI=1S/C18H19N5O4/c24-16-8-10-22(18(27)19-16)11-15-12-23(21-20-15)9-2-1-3-13-4-6-14(7-5-13)17(25)26/h4-8,10,12H,1-3,9,11H2,(H,25,26)(H,19,24,27). The van der Waals surface area contributed by atoms with Gasteiger partial charge in [-0.05, 0) is 37.0 Å². The van der Waals surface area contributed by atoms with Gasteiger partial charge in [-0.25, -0.2) is 9.59 Å². The molecule has 3 rings (SSSR count). The Balaban J connectivity index is 1.47. The van der Waals surface area contributed by atoms with E-state index in [1.807, 2.05) is 12.1 Å². The largest absolute Gasteiger partial charge is 0.478 e. The molecule has 0 amide bonds. The fraction of sp³-hybridized carbons (Fsp3) is 0.278. The van der Waals surface area contributed by atoms with E-state index in [9.17, 15) is 14.4 Å². The summed E-state index contributed by atoms with van der Waals surface area (Å²) in [7, 11) is 0. The lowest BCUT2D eigenvalue weighted by molar-refractivity contribution is 0.0697. The Labute approximate surface area is 153 Å². The second kappa shape index (κ2) is 8.26. The zero-order chi connectivity index (χ0) is 19.2. The van der Waals surface area contributed by atoms with Crippen LogP contribution in [0.1, 0.15) is 34.5 Å². The second-order valence-corrected chi connectivity index (χ2v) is 6.17. The van der Waals surface area contributed by atoms with Crippen LogP contribution in [0.5, 0.6) is 0 Å². The Morgan fingerprint density at radius 2 is 1.89 bits per heavy atom. The lowest BCUT2D eigenvalue weighted by Crippen LogP contribution is -2.28. The predicted molar refractivity (Wildman–Crippen MR) is 96.8 cm³/mol. The summed E-state index contributed by atoms with van der Waals surface area (Å²) < 4.78 is 3.08. The van der Waals surface area contributed by atoms with Crippen molar-refractivity contribution < 1.29 is 9.90 Å². The number of hydrogen-bond acceptors (Lipinski definition) is 5. The van der Waals surface area contributed by atoms with Crippen molar-refractivity contribution in [3.05, 3.63) is 80.4 Å². The van der Waals surface area contributed by atoms with Crippen molar-refractivity contribution >= 4 is 5.97 Å². The summed E-state index contributed by atoms with van der Waals surface area (Å²) in [5.41, 5.74) is 1.10. The minimum Gasteiger partial charge on any atom is -0.478 e. The molecule has 27 heavy (non-hydrogen) atoms. The highest BCUT2D eigenvalue weighted by molar-refractivity contribution is 5.87. The van der Waals surface area contributed by atoms with Gasteiger partial charge in [0.1, 0.15) is 5.69 Å². The Morgan fingerprint density at radius 1 is 1.11 bits per heavy atom. The monoisotopic (exact) mass is 369 g/mol. The van der Waals surface area contributed by atoms with E-state index in [0.29, 0.717) is 12.2 Å². The normalized spacial score (nSPS) is 10.8. The highest BCUT2D eigenvalue weighted by atomic mass is 16.4. The first-order chi connectivity index (χ1) is 13.0. The van der Waals surface area contributed by atoms with Crippen molar-refractivity contribution in [2.45, 2.75) is 32.4 Å². The maximum absolute atomic E-state index is 11.7. The molecule has 0 aliphatic carbocycles. The number of aromatic amines is 1. The van der Waals surface area contributed by atoms with Gasteiger partial charge in [0.25, 0.3) is 5.56 Å². The number of benzene rings is 1. The Hall–Kier alpha value is -3.49. The van der Waals surface area contributed by atoms with E-state index < -0.39 is 17.2 Å². The predicted octanol–water partition coefficient (Wildman–Crippen LogP) is 0.897. The molecule has 0 unspecified atom stereocenters. The molecular formula is C18H19N5O4. The van der Waals surface area contributed by atoms with Gasteiger partial charge in [-0.3, -0.25) is 19.0 Å². The Kier molecular flexibility index (Phi) is 5.60. The van der Waals surface area contributed by atoms with Crippen LogP contribution >= 0.6 is 0 Å². The first kappa shape index (κ1) is 18.3. The van der Waals surface area contributed by atoms with Crippen molar-refractivity contribution in [1.82, 2.24) is 24.5 Å². The molecule has 2 N–H and O–H groups in total. The van der Waals surface area contributed by atoms with Crippen LogP contribution in [0.3, 0.4) is 0 Å². The lowest BCUT2D eigenvalue weighted by atomic mass is 10.1. The number of unbranched alkanes of at least 4 members (excludes halogenated alkanes) is 1. The molecule has 3 aromatic rings. The van der Waals surface area contributed by atoms with Crippen LogP contribution in [-0.2, 0) is 19.5 Å². The van der Waals surface area contributed by atoms with Crippen LogP contribution in [0.4, 0.5) is 0 Å². The molecule has 2 heterocycles. The third-order valence-electron chi connectivity index (χ3n) is 4.12. The number of nitrogens with one attached hydrogen (secondary N) is 1. The van der Waals surface area contributed by atoms with Crippen LogP contribution in [0.25, 0.3) is 0 Å². The van der Waals surface area contributed by atoms with Crippen molar-refractivity contribution in [2.24, 2.45) is 0 Å². The average Bonchev–Trinajstić information content (AvgIpc) is 3.09. The molecule has 0 bridgehead atoms. The molecule has 1 aromatic carbocycles. The van der Waals surface area contributed by atoms with E-state index in [0.717, 1.165) is 24.8 Å². The maximum Gasteiger partial charge on any atom is 0.335 e. The number of aromatic carboxylic acids is 1. The number of aromatic nitrogens is 5. The van der Waals surface area contributed by atoms with Gasteiger partial charge in [0.05, 0.1) is 18.3 Å². The third-order valence-corrected chi connectivity index (χ3v) is 4.12. The van der Waals surface area contributed by atoms with Gasteiger partial charge in [0.2, 0.25) is 0 Å². The first-order valence-corrected chi connectivity index (χ1v) is 8.52. The smallest absolute Gasteiger partial charge is 0.335 e. The Morgan fingerprint density at radius 3 is 2.59 bits per heavy atom. The number of carbonyl (C=O) groups is 1. The molecule has 0 radical (unpaired) electrons. The van der Waals surface area contributed by atoms with Gasteiger partial charge < -0.3 is 5.11 Å². The number of aryl methyl sites for hydroxylation is 2. The summed E-state index contributed by atoms with van der Waals surface area (Å²) in [6.45, 7) is 0.937. The highest BCUT2D eigenvalue weighted by Crippen LogP contribution is 2.09. The number of carboxylic acids is 1. The average molecular weight is 369 g/mol. The molecule has 0 atom stereocenters. The van der Waals surface area contributed by atoms with Crippen LogP contribution in [0.15, 0.2) is 52.3 Å². The number of H-pyrrole nitrogens is 1. The van der Waals surface area contributed by atoms with Gasteiger partial charge >= 0.3 is 11.7 Å². The zero-order valence-electron chi connectivity index (χ0n) is 14.5. The van der Waals surface area contributed by atoms with Gasteiger partial charge in [-0.15, -0.1) is 5.10 Å². The number of nitrogens with zero attached hydrogens (tertiary/aromatic N) is 4. The summed E-state index contributed by atoms with van der Waals surface area (Å²) in [5.74, 6) is -0.923. The quantitative estimate of drug-likeness (QED) is 0.569. The van der Waals surface area contributed by atoms with E-state index in [2.05, 4.69) is 15.3 Å². The highest BCUT2D eigenvalue weighted by Gasteiger charge is 2.05. The Bertz CT molecular complexity index is 1030. The second-order valence-electron chi connectivity index (χ2n) is 6.17. The van der Waals surface area contributed by atoms with E-state index in [1.54, 1.807) is 23.0 Å². The molecule has 0 spiro atoms. The van der Waals surface area contributed by atoms with Gasteiger partial charge in [0, 0.05) is 18.8 Å². The summed E-state index contributed by atoms with van der Waals surface area (Å²) in [6.07, 6.45) is 5.88. The maximum atomic E-state index is 11.7. The van der Waals surface area contributed by atoms with Gasteiger partial charge in [0.15, 0.2) is 0 Å². The molecule has 0 fully saturated rings. The molecule has 0 aliphatic rings. The molecular weight excluding hydrogens is 350 g/mol. The molecule has 9 nitrogen and oxygen atoms in total. The van der Waals surface area contributed by atoms with Crippen molar-refractivity contribution in [3.8, 4) is 0 Å². The minimum absolute atomic E-state index is 0.242. The fourth-order valence-corrected chi connectivity index (χ4v) is 2.68. The molecule has 0 saturated carbocycles. The lowest BCUT2D eigenvalue weighted by Gasteiger charge is -2.03. The molecule has 2 aromatic heterocycles. The SMILES string of the molecule is O=C(O)c1ccc(CCCCn2cc(Cn3ccc(=O)[nH]c3=O)nn2)cc1.